The predicted molar refractivity (Wildman–Crippen MR) is 105 cm³/mol. The molecular formula is C18H22N8O2. The number of nitrogens with one attached hydrogen (secondary N) is 1. The number of rotatable bonds is 3. The van der Waals surface area contributed by atoms with Crippen LogP contribution in [0.1, 0.15) is 11.4 Å². The van der Waals surface area contributed by atoms with E-state index in [2.05, 4.69) is 25.2 Å². The van der Waals surface area contributed by atoms with Gasteiger partial charge in [-0.2, -0.15) is 5.10 Å². The van der Waals surface area contributed by atoms with Gasteiger partial charge in [0.05, 0.1) is 5.69 Å². The van der Waals surface area contributed by atoms with E-state index < -0.39 is 5.69 Å². The number of aromatic amines is 1. The van der Waals surface area contributed by atoms with Crippen LogP contribution in [0.4, 0.5) is 11.6 Å². The number of aromatic nitrogens is 6. The van der Waals surface area contributed by atoms with E-state index in [4.69, 9.17) is 0 Å². The zero-order chi connectivity index (χ0) is 19.8. The van der Waals surface area contributed by atoms with E-state index in [1.807, 2.05) is 36.9 Å². The topological polar surface area (TPSA) is 105 Å². The number of hydrogen-bond acceptors (Lipinski definition) is 7. The lowest BCUT2D eigenvalue weighted by Crippen LogP contribution is -2.48. The number of nitrogens with zero attached hydrogens (tertiary/aromatic N) is 7. The van der Waals surface area contributed by atoms with Crippen molar-refractivity contribution < 1.29 is 0 Å². The summed E-state index contributed by atoms with van der Waals surface area (Å²) in [7, 11) is 1.46. The Hall–Kier alpha value is -3.43. The van der Waals surface area contributed by atoms with Crippen LogP contribution in [0, 0.1) is 13.8 Å². The molecule has 0 amide bonds. The lowest BCUT2D eigenvalue weighted by Gasteiger charge is -2.36. The van der Waals surface area contributed by atoms with Crippen LogP contribution in [0.5, 0.6) is 0 Å². The van der Waals surface area contributed by atoms with Crippen molar-refractivity contribution in [2.75, 3.05) is 36.0 Å². The second-order valence-corrected chi connectivity index (χ2v) is 6.92. The normalized spacial score (nSPS) is 14.5. The maximum atomic E-state index is 11.8. The highest BCUT2D eigenvalue weighted by molar-refractivity contribution is 5.44. The Balaban J connectivity index is 1.46. The fourth-order valence-electron chi connectivity index (χ4n) is 3.35. The molecule has 3 aromatic rings. The van der Waals surface area contributed by atoms with Crippen LogP contribution in [0.25, 0.3) is 5.82 Å². The Morgan fingerprint density at radius 1 is 0.929 bits per heavy atom. The summed E-state index contributed by atoms with van der Waals surface area (Å²) in [4.78, 5) is 30.5. The minimum Gasteiger partial charge on any atom is -0.354 e. The summed E-state index contributed by atoms with van der Waals surface area (Å²) >= 11 is 0. The molecular weight excluding hydrogens is 360 g/mol. The van der Waals surface area contributed by atoms with Gasteiger partial charge in [-0.1, -0.05) is 0 Å². The SMILES string of the molecule is Cc1cc(C)n(-c2ccc(N3CCN(c4cc(=O)n(C)c(=O)[nH]4)CC3)nn2)n1. The Bertz CT molecular complexity index is 1070. The zero-order valence-electron chi connectivity index (χ0n) is 16.1. The van der Waals surface area contributed by atoms with E-state index in [-0.39, 0.29) is 5.56 Å². The molecule has 1 aliphatic heterocycles. The number of aryl methyl sites for hydroxylation is 2. The summed E-state index contributed by atoms with van der Waals surface area (Å²) in [5.41, 5.74) is 1.23. The molecule has 0 atom stereocenters. The number of anilines is 2. The first-order valence-electron chi connectivity index (χ1n) is 9.10. The molecule has 1 saturated heterocycles. The van der Waals surface area contributed by atoms with Gasteiger partial charge in [0.1, 0.15) is 5.82 Å². The van der Waals surface area contributed by atoms with E-state index >= 15 is 0 Å². The minimum absolute atomic E-state index is 0.313. The van der Waals surface area contributed by atoms with Crippen LogP contribution < -0.4 is 21.0 Å². The third kappa shape index (κ3) is 3.28. The third-order valence-electron chi connectivity index (χ3n) is 4.94. The minimum atomic E-state index is -0.407. The third-order valence-corrected chi connectivity index (χ3v) is 4.94. The average Bonchev–Trinajstić information content (AvgIpc) is 3.04. The van der Waals surface area contributed by atoms with Crippen LogP contribution in [0.3, 0.4) is 0 Å². The Morgan fingerprint density at radius 3 is 2.14 bits per heavy atom. The molecule has 0 radical (unpaired) electrons. The van der Waals surface area contributed by atoms with Crippen LogP contribution in [0.15, 0.2) is 33.9 Å². The van der Waals surface area contributed by atoms with E-state index in [1.165, 1.54) is 13.1 Å². The van der Waals surface area contributed by atoms with Crippen LogP contribution in [-0.4, -0.2) is 55.7 Å². The highest BCUT2D eigenvalue weighted by atomic mass is 16.2. The fourth-order valence-corrected chi connectivity index (χ4v) is 3.35. The number of hydrogen-bond donors (Lipinski definition) is 1. The van der Waals surface area contributed by atoms with Crippen LogP contribution in [0.2, 0.25) is 0 Å². The molecule has 4 rings (SSSR count). The lowest BCUT2D eigenvalue weighted by atomic mass is 10.3. The maximum absolute atomic E-state index is 11.8. The van der Waals surface area contributed by atoms with Crippen LogP contribution in [-0.2, 0) is 7.05 Å². The molecule has 0 aliphatic carbocycles. The zero-order valence-corrected chi connectivity index (χ0v) is 16.1. The van der Waals surface area contributed by atoms with Gasteiger partial charge < -0.3 is 9.80 Å². The lowest BCUT2D eigenvalue weighted by molar-refractivity contribution is 0.630. The van der Waals surface area contributed by atoms with Crippen molar-refractivity contribution >= 4 is 11.6 Å². The summed E-state index contributed by atoms with van der Waals surface area (Å²) in [6.07, 6.45) is 0. The monoisotopic (exact) mass is 382 g/mol. The highest BCUT2D eigenvalue weighted by Gasteiger charge is 2.20. The van der Waals surface area contributed by atoms with Gasteiger partial charge in [-0.05, 0) is 32.0 Å². The smallest absolute Gasteiger partial charge is 0.329 e. The van der Waals surface area contributed by atoms with Crippen molar-refractivity contribution in [3.8, 4) is 5.82 Å². The molecule has 0 spiro atoms. The van der Waals surface area contributed by atoms with Gasteiger partial charge in [0.2, 0.25) is 0 Å². The molecule has 0 unspecified atom stereocenters. The van der Waals surface area contributed by atoms with Crippen molar-refractivity contribution in [1.29, 1.82) is 0 Å². The van der Waals surface area contributed by atoms with Crippen molar-refractivity contribution in [2.45, 2.75) is 13.8 Å². The van der Waals surface area contributed by atoms with Crippen molar-refractivity contribution in [3.05, 3.63) is 56.5 Å². The van der Waals surface area contributed by atoms with Gasteiger partial charge in [0.25, 0.3) is 5.56 Å². The molecule has 1 fully saturated rings. The first-order valence-corrected chi connectivity index (χ1v) is 9.10. The molecule has 1 aliphatic rings. The molecule has 0 aromatic carbocycles. The summed E-state index contributed by atoms with van der Waals surface area (Å²) < 4.78 is 2.83. The fraction of sp³-hybridized carbons (Fsp3) is 0.389. The maximum Gasteiger partial charge on any atom is 0.329 e. The van der Waals surface area contributed by atoms with Gasteiger partial charge in [0, 0.05) is 45.0 Å². The standard InChI is InChI=1S/C18H22N8O2/c1-12-10-13(2)26(22-12)15-5-4-14(20-21-15)24-6-8-25(9-7-24)16-11-17(27)23(3)18(28)19-16/h4-5,10-11H,6-9H2,1-3H3,(H,19,28). The first-order chi connectivity index (χ1) is 13.4. The summed E-state index contributed by atoms with van der Waals surface area (Å²) in [5, 5.41) is 13.1. The first kappa shape index (κ1) is 18.0. The Labute approximate surface area is 161 Å². The Morgan fingerprint density at radius 2 is 1.57 bits per heavy atom. The van der Waals surface area contributed by atoms with Gasteiger partial charge in [-0.3, -0.25) is 14.3 Å². The molecule has 1 N–H and O–H groups in total. The molecule has 146 valence electrons. The molecule has 3 aromatic heterocycles. The second kappa shape index (κ2) is 6.95. The number of piperazine rings is 1. The van der Waals surface area contributed by atoms with E-state index in [1.54, 1.807) is 4.68 Å². The highest BCUT2D eigenvalue weighted by Crippen LogP contribution is 2.17. The van der Waals surface area contributed by atoms with Crippen molar-refractivity contribution in [3.63, 3.8) is 0 Å². The van der Waals surface area contributed by atoms with Gasteiger partial charge in [-0.15, -0.1) is 10.2 Å². The number of H-pyrrole nitrogens is 1. The van der Waals surface area contributed by atoms with Crippen molar-refractivity contribution in [1.82, 2.24) is 29.5 Å². The second-order valence-electron chi connectivity index (χ2n) is 6.92. The summed E-state index contributed by atoms with van der Waals surface area (Å²) in [6, 6.07) is 7.30. The Kier molecular flexibility index (Phi) is 4.46. The van der Waals surface area contributed by atoms with Crippen molar-refractivity contribution in [2.24, 2.45) is 7.05 Å². The molecule has 10 nitrogen and oxygen atoms in total. The van der Waals surface area contributed by atoms with E-state index in [0.29, 0.717) is 37.8 Å². The largest absolute Gasteiger partial charge is 0.354 e. The molecule has 0 saturated carbocycles. The quantitative estimate of drug-likeness (QED) is 0.679. The molecule has 4 heterocycles. The van der Waals surface area contributed by atoms with Gasteiger partial charge in [-0.25, -0.2) is 9.48 Å². The summed E-state index contributed by atoms with van der Waals surface area (Å²) in [5.74, 6) is 2.03. The van der Waals surface area contributed by atoms with Crippen LogP contribution >= 0.6 is 0 Å². The average molecular weight is 382 g/mol. The molecule has 0 bridgehead atoms. The van der Waals surface area contributed by atoms with E-state index in [0.717, 1.165) is 21.8 Å². The van der Waals surface area contributed by atoms with Gasteiger partial charge >= 0.3 is 5.69 Å². The van der Waals surface area contributed by atoms with E-state index in [9.17, 15) is 9.59 Å². The molecule has 10 heteroatoms. The molecule has 28 heavy (non-hydrogen) atoms. The van der Waals surface area contributed by atoms with Gasteiger partial charge in [0.15, 0.2) is 11.6 Å². The summed E-state index contributed by atoms with van der Waals surface area (Å²) in [6.45, 7) is 6.70. The predicted octanol–water partition coefficient (Wildman–Crippen LogP) is -0.00726.